The molecule has 1 aliphatic heterocycles. The van der Waals surface area contributed by atoms with Gasteiger partial charge in [-0.15, -0.1) is 0 Å². The molecule has 0 radical (unpaired) electrons. The van der Waals surface area contributed by atoms with Gasteiger partial charge >= 0.3 is 6.09 Å². The van der Waals surface area contributed by atoms with Gasteiger partial charge in [0.05, 0.1) is 13.2 Å². The van der Waals surface area contributed by atoms with Crippen LogP contribution >= 0.6 is 0 Å². The summed E-state index contributed by atoms with van der Waals surface area (Å²) in [4.78, 5) is 13.9. The normalized spacial score (nSPS) is 20.4. The van der Waals surface area contributed by atoms with E-state index in [1.165, 1.54) is 0 Å². The Bertz CT molecular complexity index is 447. The van der Waals surface area contributed by atoms with Gasteiger partial charge in [0.1, 0.15) is 23.2 Å². The van der Waals surface area contributed by atoms with E-state index in [9.17, 15) is 4.79 Å². The summed E-state index contributed by atoms with van der Waals surface area (Å²) in [7, 11) is 0. The number of carbonyl (C=O) groups is 1. The van der Waals surface area contributed by atoms with Crippen molar-refractivity contribution in [1.29, 1.82) is 0 Å². The molecule has 0 bridgehead atoms. The molecule has 1 atom stereocenters. The standard InChI is InChI=1S/C14H21NO4/c1-10-5-6-12(18-10)11-9-17-8-7-15(11)13(16)19-14(2,3)4/h5-6,11H,7-9H2,1-4H3. The van der Waals surface area contributed by atoms with E-state index in [2.05, 4.69) is 0 Å². The minimum atomic E-state index is -0.501. The molecule has 1 aliphatic rings. The molecule has 0 N–H and O–H groups in total. The monoisotopic (exact) mass is 267 g/mol. The Kier molecular flexibility index (Phi) is 3.85. The summed E-state index contributed by atoms with van der Waals surface area (Å²) >= 11 is 0. The van der Waals surface area contributed by atoms with Crippen molar-refractivity contribution in [3.05, 3.63) is 23.7 Å². The fourth-order valence-electron chi connectivity index (χ4n) is 2.01. The van der Waals surface area contributed by atoms with E-state index >= 15 is 0 Å². The van der Waals surface area contributed by atoms with Crippen molar-refractivity contribution < 1.29 is 18.7 Å². The molecule has 1 saturated heterocycles. The SMILES string of the molecule is Cc1ccc(C2COCCN2C(=O)OC(C)(C)C)o1. The van der Waals surface area contributed by atoms with E-state index in [0.717, 1.165) is 11.5 Å². The molecule has 2 heterocycles. The van der Waals surface area contributed by atoms with Crippen LogP contribution in [0.2, 0.25) is 0 Å². The Balaban J connectivity index is 2.14. The molecule has 0 aromatic carbocycles. The zero-order chi connectivity index (χ0) is 14.0. The fraction of sp³-hybridized carbons (Fsp3) is 0.643. The molecule has 5 heteroatoms. The van der Waals surface area contributed by atoms with E-state index in [1.54, 1.807) is 4.90 Å². The third kappa shape index (κ3) is 3.50. The van der Waals surface area contributed by atoms with Crippen molar-refractivity contribution in [3.8, 4) is 0 Å². The number of furan rings is 1. The fourth-order valence-corrected chi connectivity index (χ4v) is 2.01. The Hall–Kier alpha value is -1.49. The van der Waals surface area contributed by atoms with Crippen LogP contribution in [0.1, 0.15) is 38.3 Å². The van der Waals surface area contributed by atoms with Gasteiger partial charge in [0.2, 0.25) is 0 Å². The number of nitrogens with zero attached hydrogens (tertiary/aromatic N) is 1. The van der Waals surface area contributed by atoms with Crippen molar-refractivity contribution in [2.45, 2.75) is 39.3 Å². The zero-order valence-corrected chi connectivity index (χ0v) is 11.9. The Morgan fingerprint density at radius 3 is 2.74 bits per heavy atom. The molecule has 0 saturated carbocycles. The molecule has 2 rings (SSSR count). The molecule has 1 fully saturated rings. The molecule has 106 valence electrons. The van der Waals surface area contributed by atoms with E-state index in [-0.39, 0.29) is 12.1 Å². The van der Waals surface area contributed by atoms with Gasteiger partial charge in [-0.3, -0.25) is 4.90 Å². The minimum Gasteiger partial charge on any atom is -0.464 e. The Labute approximate surface area is 113 Å². The number of amides is 1. The molecule has 0 spiro atoms. The van der Waals surface area contributed by atoms with Crippen molar-refractivity contribution >= 4 is 6.09 Å². The van der Waals surface area contributed by atoms with Crippen LogP contribution in [0.25, 0.3) is 0 Å². The average molecular weight is 267 g/mol. The van der Waals surface area contributed by atoms with Crippen LogP contribution < -0.4 is 0 Å². The van der Waals surface area contributed by atoms with E-state index in [4.69, 9.17) is 13.9 Å². The van der Waals surface area contributed by atoms with Gasteiger partial charge in [-0.2, -0.15) is 0 Å². The first-order valence-corrected chi connectivity index (χ1v) is 6.50. The van der Waals surface area contributed by atoms with Crippen LogP contribution in [0, 0.1) is 6.92 Å². The third-order valence-electron chi connectivity index (χ3n) is 2.85. The summed E-state index contributed by atoms with van der Waals surface area (Å²) in [6.45, 7) is 8.93. The second kappa shape index (κ2) is 5.25. The summed E-state index contributed by atoms with van der Waals surface area (Å²) < 4.78 is 16.5. The molecule has 19 heavy (non-hydrogen) atoms. The van der Waals surface area contributed by atoms with Crippen molar-refractivity contribution in [3.63, 3.8) is 0 Å². The second-order valence-corrected chi connectivity index (χ2v) is 5.71. The van der Waals surface area contributed by atoms with E-state index < -0.39 is 5.60 Å². The Morgan fingerprint density at radius 2 is 2.16 bits per heavy atom. The summed E-state index contributed by atoms with van der Waals surface area (Å²) in [5.74, 6) is 1.56. The van der Waals surface area contributed by atoms with E-state index in [0.29, 0.717) is 19.8 Å². The van der Waals surface area contributed by atoms with Crippen molar-refractivity contribution in [2.24, 2.45) is 0 Å². The number of hydrogen-bond acceptors (Lipinski definition) is 4. The lowest BCUT2D eigenvalue weighted by atomic mass is 10.2. The summed E-state index contributed by atoms with van der Waals surface area (Å²) in [5.41, 5.74) is -0.501. The highest BCUT2D eigenvalue weighted by Crippen LogP contribution is 2.27. The maximum Gasteiger partial charge on any atom is 0.411 e. The minimum absolute atomic E-state index is 0.211. The number of hydrogen-bond donors (Lipinski definition) is 0. The second-order valence-electron chi connectivity index (χ2n) is 5.71. The highest BCUT2D eigenvalue weighted by Gasteiger charge is 2.33. The Morgan fingerprint density at radius 1 is 1.42 bits per heavy atom. The molecule has 1 aromatic rings. The zero-order valence-electron chi connectivity index (χ0n) is 11.9. The molecular formula is C14H21NO4. The third-order valence-corrected chi connectivity index (χ3v) is 2.85. The summed E-state index contributed by atoms with van der Waals surface area (Å²) in [5, 5.41) is 0. The van der Waals surface area contributed by atoms with Crippen LogP contribution in [0.5, 0.6) is 0 Å². The van der Waals surface area contributed by atoms with Gasteiger partial charge in [-0.05, 0) is 39.8 Å². The average Bonchev–Trinajstić information content (AvgIpc) is 2.73. The van der Waals surface area contributed by atoms with Gasteiger partial charge < -0.3 is 13.9 Å². The molecule has 0 aliphatic carbocycles. The van der Waals surface area contributed by atoms with Gasteiger partial charge in [-0.25, -0.2) is 4.79 Å². The smallest absolute Gasteiger partial charge is 0.411 e. The number of carbonyl (C=O) groups excluding carboxylic acids is 1. The van der Waals surface area contributed by atoms with Gasteiger partial charge in [-0.1, -0.05) is 0 Å². The molecule has 5 nitrogen and oxygen atoms in total. The summed E-state index contributed by atoms with van der Waals surface area (Å²) in [6, 6.07) is 3.56. The first-order chi connectivity index (χ1) is 8.87. The molecule has 1 aromatic heterocycles. The van der Waals surface area contributed by atoms with Gasteiger partial charge in [0.25, 0.3) is 0 Å². The number of aryl methyl sites for hydroxylation is 1. The lowest BCUT2D eigenvalue weighted by Gasteiger charge is -2.35. The number of rotatable bonds is 1. The predicted octanol–water partition coefficient (Wildman–Crippen LogP) is 2.90. The molecular weight excluding hydrogens is 246 g/mol. The van der Waals surface area contributed by atoms with Gasteiger partial charge in [0.15, 0.2) is 0 Å². The molecule has 1 unspecified atom stereocenters. The maximum atomic E-state index is 12.2. The maximum absolute atomic E-state index is 12.2. The van der Waals surface area contributed by atoms with Gasteiger partial charge in [0, 0.05) is 6.54 Å². The van der Waals surface area contributed by atoms with Crippen LogP contribution in [-0.4, -0.2) is 36.4 Å². The van der Waals surface area contributed by atoms with Crippen LogP contribution in [0.15, 0.2) is 16.5 Å². The lowest BCUT2D eigenvalue weighted by Crippen LogP contribution is -2.45. The van der Waals surface area contributed by atoms with Crippen LogP contribution in [0.4, 0.5) is 4.79 Å². The summed E-state index contributed by atoms with van der Waals surface area (Å²) in [6.07, 6.45) is -0.324. The first-order valence-electron chi connectivity index (χ1n) is 6.50. The predicted molar refractivity (Wildman–Crippen MR) is 69.9 cm³/mol. The largest absolute Gasteiger partial charge is 0.464 e. The quantitative estimate of drug-likeness (QED) is 0.785. The van der Waals surface area contributed by atoms with E-state index in [1.807, 2.05) is 39.8 Å². The number of morpholine rings is 1. The highest BCUT2D eigenvalue weighted by molar-refractivity contribution is 5.69. The highest BCUT2D eigenvalue weighted by atomic mass is 16.6. The molecule has 1 amide bonds. The number of ether oxygens (including phenoxy) is 2. The van der Waals surface area contributed by atoms with Crippen LogP contribution in [-0.2, 0) is 9.47 Å². The first kappa shape index (κ1) is 13.9. The lowest BCUT2D eigenvalue weighted by molar-refractivity contribution is -0.0379. The van der Waals surface area contributed by atoms with Crippen molar-refractivity contribution in [2.75, 3.05) is 19.8 Å². The van der Waals surface area contributed by atoms with Crippen LogP contribution in [0.3, 0.4) is 0 Å². The topological polar surface area (TPSA) is 51.9 Å². The van der Waals surface area contributed by atoms with Crippen molar-refractivity contribution in [1.82, 2.24) is 4.90 Å².